The molecule has 0 aliphatic carbocycles. The van der Waals surface area contributed by atoms with Gasteiger partial charge in [-0.15, -0.1) is 11.3 Å². The zero-order valence-corrected chi connectivity index (χ0v) is 12.8. The highest BCUT2D eigenvalue weighted by molar-refractivity contribution is 7.89. The van der Waals surface area contributed by atoms with Gasteiger partial charge in [0.25, 0.3) is 0 Å². The summed E-state index contributed by atoms with van der Waals surface area (Å²) < 4.78 is 26.9. The van der Waals surface area contributed by atoms with Crippen molar-refractivity contribution in [3.8, 4) is 0 Å². The number of hydrogen-bond acceptors (Lipinski definition) is 5. The van der Waals surface area contributed by atoms with E-state index in [0.29, 0.717) is 18.0 Å². The molecule has 0 amide bonds. The molecule has 0 spiro atoms. The maximum Gasteiger partial charge on any atom is 0.241 e. The minimum absolute atomic E-state index is 0.241. The van der Waals surface area contributed by atoms with Crippen molar-refractivity contribution in [2.45, 2.75) is 37.2 Å². The van der Waals surface area contributed by atoms with Crippen molar-refractivity contribution in [3.05, 3.63) is 16.3 Å². The Labute approximate surface area is 118 Å². The van der Waals surface area contributed by atoms with E-state index in [9.17, 15) is 8.42 Å². The minimum atomic E-state index is -3.40. The van der Waals surface area contributed by atoms with E-state index in [-0.39, 0.29) is 6.04 Å². The van der Waals surface area contributed by atoms with Crippen molar-refractivity contribution in [3.63, 3.8) is 0 Å². The van der Waals surface area contributed by atoms with Crippen LogP contribution in [0.25, 0.3) is 0 Å². The zero-order valence-electron chi connectivity index (χ0n) is 11.1. The normalized spacial score (nSPS) is 18.8. The van der Waals surface area contributed by atoms with Gasteiger partial charge in [0.2, 0.25) is 10.0 Å². The number of nitrogens with zero attached hydrogens (tertiary/aromatic N) is 1. The third-order valence-corrected chi connectivity index (χ3v) is 5.99. The topological polar surface area (TPSA) is 75.4 Å². The van der Waals surface area contributed by atoms with Crippen LogP contribution >= 0.6 is 11.3 Å². The molecule has 0 radical (unpaired) electrons. The van der Waals surface area contributed by atoms with E-state index in [0.717, 1.165) is 18.0 Å². The fourth-order valence-corrected chi connectivity index (χ4v) is 4.51. The molecule has 1 aliphatic rings. The van der Waals surface area contributed by atoms with Gasteiger partial charge >= 0.3 is 0 Å². The molecule has 19 heavy (non-hydrogen) atoms. The predicted molar refractivity (Wildman–Crippen MR) is 77.7 cm³/mol. The van der Waals surface area contributed by atoms with Crippen LogP contribution in [-0.2, 0) is 16.6 Å². The number of sulfonamides is 1. The molecule has 0 aromatic carbocycles. The van der Waals surface area contributed by atoms with Gasteiger partial charge in [-0.3, -0.25) is 4.90 Å². The summed E-state index contributed by atoms with van der Waals surface area (Å²) in [4.78, 5) is 3.53. The molecule has 1 saturated heterocycles. The summed E-state index contributed by atoms with van der Waals surface area (Å²) in [5.74, 6) is 0. The standard InChI is InChI=1S/C12H21N3O2S2/c1-10(15-4-2-3-5-15)8-14-19(16,17)12-6-11(7-13)18-9-12/h6,9-10,14H,2-5,7-8,13H2,1H3. The molecule has 7 heteroatoms. The van der Waals surface area contributed by atoms with E-state index in [2.05, 4.69) is 16.5 Å². The van der Waals surface area contributed by atoms with E-state index >= 15 is 0 Å². The van der Waals surface area contributed by atoms with Gasteiger partial charge in [0.15, 0.2) is 0 Å². The highest BCUT2D eigenvalue weighted by Gasteiger charge is 2.21. The van der Waals surface area contributed by atoms with Gasteiger partial charge in [-0.1, -0.05) is 0 Å². The van der Waals surface area contributed by atoms with Crippen molar-refractivity contribution in [2.24, 2.45) is 5.73 Å². The molecule has 5 nitrogen and oxygen atoms in total. The molecule has 1 aliphatic heterocycles. The van der Waals surface area contributed by atoms with E-state index in [1.807, 2.05) is 0 Å². The van der Waals surface area contributed by atoms with Crippen LogP contribution in [0.5, 0.6) is 0 Å². The molecular formula is C12H21N3O2S2. The molecule has 1 aromatic rings. The lowest BCUT2D eigenvalue weighted by molar-refractivity contribution is 0.260. The summed E-state index contributed by atoms with van der Waals surface area (Å²) in [5.41, 5.74) is 5.50. The molecule has 1 fully saturated rings. The number of thiophene rings is 1. The highest BCUT2D eigenvalue weighted by atomic mass is 32.2. The Hall–Kier alpha value is -0.470. The van der Waals surface area contributed by atoms with Crippen molar-refractivity contribution >= 4 is 21.4 Å². The molecule has 108 valence electrons. The SMILES string of the molecule is CC(CNS(=O)(=O)c1csc(CN)c1)N1CCCC1. The summed E-state index contributed by atoms with van der Waals surface area (Å²) >= 11 is 1.38. The lowest BCUT2D eigenvalue weighted by Crippen LogP contribution is -2.40. The zero-order chi connectivity index (χ0) is 13.9. The van der Waals surface area contributed by atoms with Gasteiger partial charge in [-0.25, -0.2) is 13.1 Å². The minimum Gasteiger partial charge on any atom is -0.326 e. The summed E-state index contributed by atoms with van der Waals surface area (Å²) in [6, 6.07) is 1.89. The Morgan fingerprint density at radius 2 is 2.16 bits per heavy atom. The van der Waals surface area contributed by atoms with Crippen molar-refractivity contribution in [1.82, 2.24) is 9.62 Å². The van der Waals surface area contributed by atoms with Gasteiger partial charge in [-0.05, 0) is 38.9 Å². The smallest absolute Gasteiger partial charge is 0.241 e. The Balaban J connectivity index is 1.93. The van der Waals surface area contributed by atoms with Gasteiger partial charge in [0.1, 0.15) is 0 Å². The van der Waals surface area contributed by atoms with Crippen LogP contribution < -0.4 is 10.5 Å². The lowest BCUT2D eigenvalue weighted by Gasteiger charge is -2.23. The highest BCUT2D eigenvalue weighted by Crippen LogP contribution is 2.19. The lowest BCUT2D eigenvalue weighted by atomic mass is 10.3. The van der Waals surface area contributed by atoms with E-state index in [4.69, 9.17) is 5.73 Å². The fraction of sp³-hybridized carbons (Fsp3) is 0.667. The molecule has 1 atom stereocenters. The summed E-state index contributed by atoms with van der Waals surface area (Å²) in [6.07, 6.45) is 2.42. The van der Waals surface area contributed by atoms with Gasteiger partial charge in [-0.2, -0.15) is 0 Å². The van der Waals surface area contributed by atoms with Gasteiger partial charge < -0.3 is 5.73 Å². The van der Waals surface area contributed by atoms with E-state index in [1.165, 1.54) is 24.2 Å². The van der Waals surface area contributed by atoms with Crippen LogP contribution in [0, 0.1) is 0 Å². The second kappa shape index (κ2) is 6.32. The third-order valence-electron chi connectivity index (χ3n) is 3.47. The third kappa shape index (κ3) is 3.76. The number of hydrogen-bond donors (Lipinski definition) is 2. The first-order chi connectivity index (χ1) is 9.03. The molecule has 1 unspecified atom stereocenters. The first kappa shape index (κ1) is 14.9. The number of nitrogens with two attached hydrogens (primary N) is 1. The molecule has 2 rings (SSSR count). The maximum atomic E-state index is 12.1. The molecule has 0 bridgehead atoms. The van der Waals surface area contributed by atoms with Crippen LogP contribution in [-0.4, -0.2) is 39.0 Å². The summed E-state index contributed by atoms with van der Waals surface area (Å²) in [6.45, 7) is 5.03. The van der Waals surface area contributed by atoms with Gasteiger partial charge in [0.05, 0.1) is 4.90 Å². The second-order valence-electron chi connectivity index (χ2n) is 4.90. The molecular weight excluding hydrogens is 282 g/mol. The van der Waals surface area contributed by atoms with Gasteiger partial charge in [0, 0.05) is 29.4 Å². The average molecular weight is 303 g/mol. The van der Waals surface area contributed by atoms with Crippen LogP contribution in [0.3, 0.4) is 0 Å². The molecule has 0 saturated carbocycles. The van der Waals surface area contributed by atoms with Crippen molar-refractivity contribution in [2.75, 3.05) is 19.6 Å². The van der Waals surface area contributed by atoms with E-state index < -0.39 is 10.0 Å². The van der Waals surface area contributed by atoms with Crippen LogP contribution in [0.15, 0.2) is 16.3 Å². The van der Waals surface area contributed by atoms with Crippen molar-refractivity contribution < 1.29 is 8.42 Å². The number of nitrogens with one attached hydrogen (secondary N) is 1. The first-order valence-corrected chi connectivity index (χ1v) is 8.90. The largest absolute Gasteiger partial charge is 0.326 e. The Bertz CT molecular complexity index is 507. The summed E-state index contributed by atoms with van der Waals surface area (Å²) in [7, 11) is -3.40. The molecule has 2 heterocycles. The second-order valence-corrected chi connectivity index (χ2v) is 7.66. The monoisotopic (exact) mass is 303 g/mol. The van der Waals surface area contributed by atoms with Crippen LogP contribution in [0.4, 0.5) is 0 Å². The quantitative estimate of drug-likeness (QED) is 0.821. The average Bonchev–Trinajstić information content (AvgIpc) is 3.06. The first-order valence-electron chi connectivity index (χ1n) is 6.54. The fourth-order valence-electron chi connectivity index (χ4n) is 2.23. The van der Waals surface area contributed by atoms with Crippen molar-refractivity contribution in [1.29, 1.82) is 0 Å². The molecule has 1 aromatic heterocycles. The van der Waals surface area contributed by atoms with Crippen LogP contribution in [0.2, 0.25) is 0 Å². The Morgan fingerprint density at radius 3 is 2.74 bits per heavy atom. The maximum absolute atomic E-state index is 12.1. The predicted octanol–water partition coefficient (Wildman–Crippen LogP) is 0.969. The Morgan fingerprint density at radius 1 is 1.47 bits per heavy atom. The Kier molecular flexibility index (Phi) is 4.97. The number of rotatable bonds is 6. The summed E-state index contributed by atoms with van der Waals surface area (Å²) in [5, 5.41) is 1.64. The number of likely N-dealkylation sites (tertiary alicyclic amines) is 1. The van der Waals surface area contributed by atoms with Crippen LogP contribution in [0.1, 0.15) is 24.6 Å². The molecule has 3 N–H and O–H groups in total. The van der Waals surface area contributed by atoms with E-state index in [1.54, 1.807) is 11.4 Å².